The highest BCUT2D eigenvalue weighted by Gasteiger charge is 2.02. The van der Waals surface area contributed by atoms with Crippen LogP contribution in [0.1, 0.15) is 13.8 Å². The Labute approximate surface area is 84.9 Å². The standard InChI is InChI=1S/C12H15N2/c1-4-12(6-5-11(2)3)14-9-7-13-8-10-14/h4-10H,2H2,1,3H3/q+1/b6-5-,12-4+. The van der Waals surface area contributed by atoms with Crippen LogP contribution in [0.2, 0.25) is 0 Å². The van der Waals surface area contributed by atoms with Gasteiger partial charge in [-0.15, -0.1) is 0 Å². The van der Waals surface area contributed by atoms with Gasteiger partial charge in [0.1, 0.15) is 0 Å². The molecule has 0 aliphatic rings. The fourth-order valence-corrected chi connectivity index (χ4v) is 1.05. The molecule has 1 rings (SSSR count). The molecule has 0 bridgehead atoms. The number of rotatable bonds is 3. The molecule has 1 aromatic heterocycles. The Morgan fingerprint density at radius 1 is 1.29 bits per heavy atom. The van der Waals surface area contributed by atoms with Crippen LogP contribution in [0, 0.1) is 0 Å². The largest absolute Gasteiger partial charge is 0.252 e. The average Bonchev–Trinajstić information content (AvgIpc) is 2.20. The van der Waals surface area contributed by atoms with E-state index >= 15 is 0 Å². The molecular weight excluding hydrogens is 172 g/mol. The lowest BCUT2D eigenvalue weighted by atomic mass is 10.2. The highest BCUT2D eigenvalue weighted by molar-refractivity contribution is 5.48. The van der Waals surface area contributed by atoms with Gasteiger partial charge in [-0.2, -0.15) is 4.57 Å². The predicted octanol–water partition coefficient (Wildman–Crippen LogP) is 2.36. The van der Waals surface area contributed by atoms with E-state index in [1.165, 1.54) is 0 Å². The second kappa shape index (κ2) is 5.12. The quantitative estimate of drug-likeness (QED) is 0.524. The van der Waals surface area contributed by atoms with Crippen LogP contribution < -0.4 is 4.57 Å². The monoisotopic (exact) mass is 187 g/mol. The molecule has 72 valence electrons. The zero-order chi connectivity index (χ0) is 10.4. The summed E-state index contributed by atoms with van der Waals surface area (Å²) in [4.78, 5) is 3.97. The van der Waals surface area contributed by atoms with Gasteiger partial charge < -0.3 is 0 Å². The van der Waals surface area contributed by atoms with Gasteiger partial charge in [0.2, 0.25) is 5.70 Å². The van der Waals surface area contributed by atoms with Gasteiger partial charge in [-0.1, -0.05) is 18.2 Å². The maximum Gasteiger partial charge on any atom is 0.206 e. The van der Waals surface area contributed by atoms with Crippen molar-refractivity contribution in [2.75, 3.05) is 0 Å². The van der Waals surface area contributed by atoms with E-state index in [4.69, 9.17) is 0 Å². The molecule has 1 aromatic rings. The molecule has 2 nitrogen and oxygen atoms in total. The van der Waals surface area contributed by atoms with Gasteiger partial charge in [0.25, 0.3) is 0 Å². The molecule has 0 N–H and O–H groups in total. The first-order valence-electron chi connectivity index (χ1n) is 4.55. The van der Waals surface area contributed by atoms with E-state index in [0.29, 0.717) is 0 Å². The van der Waals surface area contributed by atoms with Crippen LogP contribution in [-0.4, -0.2) is 4.98 Å². The SMILES string of the molecule is C=C(C)/C=C\C(=C/C)[n+]1ccncc1. The fraction of sp³-hybridized carbons (Fsp3) is 0.167. The highest BCUT2D eigenvalue weighted by atomic mass is 15.0. The van der Waals surface area contributed by atoms with Crippen molar-refractivity contribution < 1.29 is 4.57 Å². The van der Waals surface area contributed by atoms with Crippen molar-refractivity contribution in [3.05, 3.63) is 55.2 Å². The van der Waals surface area contributed by atoms with Gasteiger partial charge in [-0.3, -0.25) is 4.98 Å². The molecule has 0 aromatic carbocycles. The van der Waals surface area contributed by atoms with Crippen LogP contribution in [-0.2, 0) is 0 Å². The van der Waals surface area contributed by atoms with Gasteiger partial charge in [0.15, 0.2) is 12.4 Å². The number of hydrogen-bond donors (Lipinski definition) is 0. The molecule has 0 saturated heterocycles. The van der Waals surface area contributed by atoms with Gasteiger partial charge in [0, 0.05) is 6.08 Å². The first-order chi connectivity index (χ1) is 6.74. The zero-order valence-corrected chi connectivity index (χ0v) is 8.64. The fourth-order valence-electron chi connectivity index (χ4n) is 1.05. The van der Waals surface area contributed by atoms with Gasteiger partial charge in [-0.05, 0) is 19.9 Å². The summed E-state index contributed by atoms with van der Waals surface area (Å²) in [6.07, 6.45) is 13.4. The van der Waals surface area contributed by atoms with E-state index in [9.17, 15) is 0 Å². The number of nitrogens with zero attached hydrogens (tertiary/aromatic N) is 2. The summed E-state index contributed by atoms with van der Waals surface area (Å²) in [5.74, 6) is 0. The van der Waals surface area contributed by atoms with Crippen molar-refractivity contribution in [1.82, 2.24) is 4.98 Å². The van der Waals surface area contributed by atoms with Crippen molar-refractivity contribution in [3.8, 4) is 0 Å². The minimum atomic E-state index is 1.04. The van der Waals surface area contributed by atoms with Crippen LogP contribution in [0.5, 0.6) is 0 Å². The third kappa shape index (κ3) is 2.98. The minimum Gasteiger partial charge on any atom is -0.252 e. The summed E-state index contributed by atoms with van der Waals surface area (Å²) < 4.78 is 2.01. The molecule has 0 saturated carbocycles. The molecule has 14 heavy (non-hydrogen) atoms. The van der Waals surface area contributed by atoms with E-state index in [1.54, 1.807) is 12.4 Å². The van der Waals surface area contributed by atoms with E-state index in [2.05, 4.69) is 11.6 Å². The Kier molecular flexibility index (Phi) is 3.80. The third-order valence-electron chi connectivity index (χ3n) is 1.76. The molecule has 0 fully saturated rings. The molecule has 0 spiro atoms. The lowest BCUT2D eigenvalue weighted by molar-refractivity contribution is -0.579. The minimum absolute atomic E-state index is 1.04. The van der Waals surface area contributed by atoms with E-state index in [-0.39, 0.29) is 0 Å². The van der Waals surface area contributed by atoms with E-state index in [1.807, 2.05) is 49.0 Å². The first-order valence-corrected chi connectivity index (χ1v) is 4.55. The normalized spacial score (nSPS) is 12.0. The van der Waals surface area contributed by atoms with Gasteiger partial charge in [-0.25, -0.2) is 0 Å². The smallest absolute Gasteiger partial charge is 0.206 e. The molecule has 1 heterocycles. The van der Waals surface area contributed by atoms with E-state index in [0.717, 1.165) is 11.3 Å². The van der Waals surface area contributed by atoms with Crippen molar-refractivity contribution in [2.45, 2.75) is 13.8 Å². The molecule has 0 unspecified atom stereocenters. The third-order valence-corrected chi connectivity index (χ3v) is 1.76. The maximum atomic E-state index is 3.97. The lowest BCUT2D eigenvalue weighted by Crippen LogP contribution is -2.30. The topological polar surface area (TPSA) is 16.8 Å². The molecule has 0 aliphatic heterocycles. The van der Waals surface area contributed by atoms with Crippen LogP contribution in [0.15, 0.2) is 55.2 Å². The summed E-state index contributed by atoms with van der Waals surface area (Å²) in [5.41, 5.74) is 2.15. The molecular formula is C12H15N2+. The zero-order valence-electron chi connectivity index (χ0n) is 8.64. The summed E-state index contributed by atoms with van der Waals surface area (Å²) in [6, 6.07) is 0. The van der Waals surface area contributed by atoms with E-state index < -0.39 is 0 Å². The summed E-state index contributed by atoms with van der Waals surface area (Å²) >= 11 is 0. The highest BCUT2D eigenvalue weighted by Crippen LogP contribution is 1.98. The lowest BCUT2D eigenvalue weighted by Gasteiger charge is -1.93. The summed E-state index contributed by atoms with van der Waals surface area (Å²) in [7, 11) is 0. The van der Waals surface area contributed by atoms with Crippen molar-refractivity contribution in [3.63, 3.8) is 0 Å². The maximum absolute atomic E-state index is 3.97. The van der Waals surface area contributed by atoms with Crippen molar-refractivity contribution in [2.24, 2.45) is 0 Å². The predicted molar refractivity (Wildman–Crippen MR) is 58.3 cm³/mol. The Hall–Kier alpha value is -1.70. The van der Waals surface area contributed by atoms with Crippen LogP contribution in [0.3, 0.4) is 0 Å². The molecule has 0 atom stereocenters. The first kappa shape index (κ1) is 10.4. The molecule has 0 aliphatic carbocycles. The Bertz CT molecular complexity index is 361. The number of aromatic nitrogens is 2. The summed E-state index contributed by atoms with van der Waals surface area (Å²) in [6.45, 7) is 7.80. The molecule has 0 amide bonds. The average molecular weight is 187 g/mol. The number of hydrogen-bond acceptors (Lipinski definition) is 1. The van der Waals surface area contributed by atoms with Crippen LogP contribution in [0.25, 0.3) is 5.70 Å². The Balaban J connectivity index is 2.90. The molecule has 2 heteroatoms. The van der Waals surface area contributed by atoms with Gasteiger partial charge >= 0.3 is 0 Å². The number of allylic oxidation sites excluding steroid dienone is 5. The van der Waals surface area contributed by atoms with Crippen LogP contribution >= 0.6 is 0 Å². The van der Waals surface area contributed by atoms with Crippen molar-refractivity contribution in [1.29, 1.82) is 0 Å². The summed E-state index contributed by atoms with van der Waals surface area (Å²) in [5, 5.41) is 0. The molecule has 0 radical (unpaired) electrons. The Morgan fingerprint density at radius 3 is 2.43 bits per heavy atom. The van der Waals surface area contributed by atoms with Gasteiger partial charge in [0.05, 0.1) is 12.4 Å². The van der Waals surface area contributed by atoms with Crippen LogP contribution in [0.4, 0.5) is 0 Å². The van der Waals surface area contributed by atoms with Crippen molar-refractivity contribution >= 4 is 5.70 Å². The second-order valence-electron chi connectivity index (χ2n) is 3.05. The Morgan fingerprint density at radius 2 is 1.93 bits per heavy atom. The second-order valence-corrected chi connectivity index (χ2v) is 3.05.